The first kappa shape index (κ1) is 16.7. The minimum Gasteiger partial charge on any atom is -0.463 e. The van der Waals surface area contributed by atoms with Crippen molar-refractivity contribution in [3.05, 3.63) is 34.2 Å². The van der Waals surface area contributed by atoms with Crippen LogP contribution >= 0.6 is 22.6 Å². The second kappa shape index (κ2) is 7.57. The standard InChI is InChI=1S/C15H18IN3O3/c1-4-21-14(20)13(10(2)3)22-15-17-9-19(18-15)12-7-5-11(16)6-8-12/h5-10,13H,4H2,1-3H3. The number of nitrogens with zero attached hydrogens (tertiary/aromatic N) is 3. The number of benzene rings is 1. The summed E-state index contributed by atoms with van der Waals surface area (Å²) >= 11 is 2.24. The molecular weight excluding hydrogens is 397 g/mol. The van der Waals surface area contributed by atoms with Crippen LogP contribution < -0.4 is 4.74 Å². The molecule has 0 saturated heterocycles. The van der Waals surface area contributed by atoms with E-state index < -0.39 is 12.1 Å². The van der Waals surface area contributed by atoms with Gasteiger partial charge in [0.1, 0.15) is 6.33 Å². The summed E-state index contributed by atoms with van der Waals surface area (Å²) in [6.45, 7) is 5.85. The van der Waals surface area contributed by atoms with Crippen LogP contribution in [0.3, 0.4) is 0 Å². The molecule has 22 heavy (non-hydrogen) atoms. The molecule has 6 nitrogen and oxygen atoms in total. The van der Waals surface area contributed by atoms with E-state index >= 15 is 0 Å². The molecule has 0 N–H and O–H groups in total. The van der Waals surface area contributed by atoms with Gasteiger partial charge in [-0.3, -0.25) is 0 Å². The van der Waals surface area contributed by atoms with Gasteiger partial charge in [0.15, 0.2) is 0 Å². The Bertz CT molecular complexity index is 625. The minimum absolute atomic E-state index is 0.0377. The molecule has 0 aliphatic carbocycles. The van der Waals surface area contributed by atoms with Crippen molar-refractivity contribution < 1.29 is 14.3 Å². The third kappa shape index (κ3) is 4.19. The zero-order valence-electron chi connectivity index (χ0n) is 12.7. The molecular formula is C15H18IN3O3. The fraction of sp³-hybridized carbons (Fsp3) is 0.400. The maximum absolute atomic E-state index is 11.9. The van der Waals surface area contributed by atoms with Crippen LogP contribution in [0.2, 0.25) is 0 Å². The van der Waals surface area contributed by atoms with E-state index in [1.807, 2.05) is 38.1 Å². The Morgan fingerprint density at radius 1 is 1.32 bits per heavy atom. The van der Waals surface area contributed by atoms with Crippen LogP contribution in [-0.4, -0.2) is 33.4 Å². The van der Waals surface area contributed by atoms with E-state index in [0.29, 0.717) is 6.61 Å². The first-order valence-corrected chi connectivity index (χ1v) is 8.10. The van der Waals surface area contributed by atoms with E-state index in [0.717, 1.165) is 9.26 Å². The first-order chi connectivity index (χ1) is 10.5. The van der Waals surface area contributed by atoms with Crippen molar-refractivity contribution in [2.24, 2.45) is 5.92 Å². The normalized spacial score (nSPS) is 12.2. The molecule has 1 atom stereocenters. The van der Waals surface area contributed by atoms with Crippen LogP contribution in [0.25, 0.3) is 5.69 Å². The highest BCUT2D eigenvalue weighted by molar-refractivity contribution is 14.1. The molecule has 0 aliphatic heterocycles. The molecule has 7 heteroatoms. The quantitative estimate of drug-likeness (QED) is 0.536. The van der Waals surface area contributed by atoms with Gasteiger partial charge in [0.05, 0.1) is 12.3 Å². The maximum atomic E-state index is 11.9. The number of halogens is 1. The molecule has 1 aromatic heterocycles. The number of rotatable bonds is 6. The third-order valence-corrected chi connectivity index (χ3v) is 3.64. The zero-order valence-corrected chi connectivity index (χ0v) is 14.9. The van der Waals surface area contributed by atoms with Crippen LogP contribution in [0.1, 0.15) is 20.8 Å². The molecule has 1 unspecified atom stereocenters. The number of hydrogen-bond donors (Lipinski definition) is 0. The predicted octanol–water partition coefficient (Wildman–Crippen LogP) is 2.84. The molecule has 0 saturated carbocycles. The maximum Gasteiger partial charge on any atom is 0.347 e. The molecule has 0 amide bonds. The summed E-state index contributed by atoms with van der Waals surface area (Å²) in [4.78, 5) is 16.0. The Kier molecular flexibility index (Phi) is 5.76. The lowest BCUT2D eigenvalue weighted by molar-refractivity contribution is -0.153. The monoisotopic (exact) mass is 415 g/mol. The minimum atomic E-state index is -0.715. The molecule has 1 heterocycles. The lowest BCUT2D eigenvalue weighted by Crippen LogP contribution is -2.34. The van der Waals surface area contributed by atoms with E-state index in [4.69, 9.17) is 9.47 Å². The summed E-state index contributed by atoms with van der Waals surface area (Å²) in [5.74, 6) is -0.438. The summed E-state index contributed by atoms with van der Waals surface area (Å²) in [5, 5.41) is 4.25. The molecule has 1 aromatic carbocycles. The molecule has 0 bridgehead atoms. The average molecular weight is 415 g/mol. The fourth-order valence-electron chi connectivity index (χ4n) is 1.81. The van der Waals surface area contributed by atoms with Crippen LogP contribution in [0.5, 0.6) is 6.01 Å². The van der Waals surface area contributed by atoms with E-state index in [-0.39, 0.29) is 11.9 Å². The lowest BCUT2D eigenvalue weighted by Gasteiger charge is -2.18. The van der Waals surface area contributed by atoms with Gasteiger partial charge in [-0.2, -0.15) is 4.98 Å². The van der Waals surface area contributed by atoms with E-state index in [2.05, 4.69) is 32.7 Å². The largest absolute Gasteiger partial charge is 0.463 e. The number of ether oxygens (including phenoxy) is 2. The van der Waals surface area contributed by atoms with Gasteiger partial charge in [-0.05, 0) is 53.8 Å². The van der Waals surface area contributed by atoms with Gasteiger partial charge in [0, 0.05) is 9.49 Å². The van der Waals surface area contributed by atoms with Crippen LogP contribution in [0.4, 0.5) is 0 Å². The molecule has 118 valence electrons. The fourth-order valence-corrected chi connectivity index (χ4v) is 2.17. The van der Waals surface area contributed by atoms with Crippen molar-refractivity contribution >= 4 is 28.6 Å². The predicted molar refractivity (Wildman–Crippen MR) is 90.0 cm³/mol. The highest BCUT2D eigenvalue weighted by atomic mass is 127. The Morgan fingerprint density at radius 3 is 2.59 bits per heavy atom. The molecule has 0 aliphatic rings. The van der Waals surface area contributed by atoms with Crippen molar-refractivity contribution in [3.8, 4) is 11.7 Å². The van der Waals surface area contributed by atoms with Gasteiger partial charge in [-0.25, -0.2) is 9.48 Å². The third-order valence-electron chi connectivity index (χ3n) is 2.92. The molecule has 0 spiro atoms. The Morgan fingerprint density at radius 2 is 2.00 bits per heavy atom. The van der Waals surface area contributed by atoms with Gasteiger partial charge in [-0.1, -0.05) is 13.8 Å². The van der Waals surface area contributed by atoms with Crippen molar-refractivity contribution in [2.45, 2.75) is 26.9 Å². The molecule has 0 radical (unpaired) electrons. The van der Waals surface area contributed by atoms with Crippen LogP contribution in [-0.2, 0) is 9.53 Å². The van der Waals surface area contributed by atoms with Crippen LogP contribution in [0.15, 0.2) is 30.6 Å². The Labute approximate surface area is 143 Å². The SMILES string of the molecule is CCOC(=O)C(Oc1ncn(-c2ccc(I)cc2)n1)C(C)C. The highest BCUT2D eigenvalue weighted by Crippen LogP contribution is 2.15. The number of carbonyl (C=O) groups excluding carboxylic acids is 1. The van der Waals surface area contributed by atoms with E-state index in [1.54, 1.807) is 17.9 Å². The van der Waals surface area contributed by atoms with Crippen molar-refractivity contribution in [1.82, 2.24) is 14.8 Å². The lowest BCUT2D eigenvalue weighted by atomic mass is 10.1. The number of carbonyl (C=O) groups is 1. The van der Waals surface area contributed by atoms with Crippen LogP contribution in [0, 0.1) is 9.49 Å². The second-order valence-electron chi connectivity index (χ2n) is 4.98. The highest BCUT2D eigenvalue weighted by Gasteiger charge is 2.27. The molecule has 2 aromatic rings. The van der Waals surface area contributed by atoms with Gasteiger partial charge in [0.25, 0.3) is 0 Å². The molecule has 2 rings (SSSR count). The summed E-state index contributed by atoms with van der Waals surface area (Å²) in [6, 6.07) is 7.99. The van der Waals surface area contributed by atoms with Gasteiger partial charge in [-0.15, -0.1) is 5.10 Å². The topological polar surface area (TPSA) is 66.2 Å². The average Bonchev–Trinajstić information content (AvgIpc) is 2.94. The molecule has 0 fully saturated rings. The van der Waals surface area contributed by atoms with Gasteiger partial charge < -0.3 is 9.47 Å². The van der Waals surface area contributed by atoms with E-state index in [1.165, 1.54) is 0 Å². The number of hydrogen-bond acceptors (Lipinski definition) is 5. The summed E-state index contributed by atoms with van der Waals surface area (Å²) < 4.78 is 13.4. The summed E-state index contributed by atoms with van der Waals surface area (Å²) in [5.41, 5.74) is 0.875. The zero-order chi connectivity index (χ0) is 16.1. The smallest absolute Gasteiger partial charge is 0.347 e. The van der Waals surface area contributed by atoms with Gasteiger partial charge >= 0.3 is 12.0 Å². The summed E-state index contributed by atoms with van der Waals surface area (Å²) in [7, 11) is 0. The van der Waals surface area contributed by atoms with Gasteiger partial charge in [0.2, 0.25) is 6.10 Å². The number of esters is 1. The van der Waals surface area contributed by atoms with Crippen molar-refractivity contribution in [2.75, 3.05) is 6.61 Å². The summed E-state index contributed by atoms with van der Waals surface area (Å²) in [6.07, 6.45) is 0.840. The number of aromatic nitrogens is 3. The van der Waals surface area contributed by atoms with E-state index in [9.17, 15) is 4.79 Å². The first-order valence-electron chi connectivity index (χ1n) is 7.02. The van der Waals surface area contributed by atoms with Crippen molar-refractivity contribution in [3.63, 3.8) is 0 Å². The Balaban J connectivity index is 2.13. The van der Waals surface area contributed by atoms with Crippen molar-refractivity contribution in [1.29, 1.82) is 0 Å². The Hall–Kier alpha value is -1.64. The second-order valence-corrected chi connectivity index (χ2v) is 6.23.